The summed E-state index contributed by atoms with van der Waals surface area (Å²) in [4.78, 5) is 15.7. The molecular formula is C20H26N3O2+. The lowest BCUT2D eigenvalue weighted by atomic mass is 10.1. The minimum atomic E-state index is 0.0919. The molecular weight excluding hydrogens is 314 g/mol. The van der Waals surface area contributed by atoms with Crippen molar-refractivity contribution in [2.24, 2.45) is 0 Å². The van der Waals surface area contributed by atoms with Gasteiger partial charge >= 0.3 is 0 Å². The van der Waals surface area contributed by atoms with Crippen LogP contribution in [0, 0.1) is 6.92 Å². The van der Waals surface area contributed by atoms with Crippen LogP contribution < -0.4 is 15.1 Å². The van der Waals surface area contributed by atoms with Gasteiger partial charge < -0.3 is 20.2 Å². The topological polar surface area (TPSA) is 57.0 Å². The minimum absolute atomic E-state index is 0.0919. The number of phenols is 1. The monoisotopic (exact) mass is 340 g/mol. The SMILES string of the molecule is Cc1ccccc1CNC(=O)C[NH+]1CCN(c2ccccc2O)CC1. The van der Waals surface area contributed by atoms with Gasteiger partial charge in [0, 0.05) is 6.54 Å². The van der Waals surface area contributed by atoms with Gasteiger partial charge in [0.1, 0.15) is 5.75 Å². The molecule has 1 aliphatic heterocycles. The van der Waals surface area contributed by atoms with E-state index in [1.807, 2.05) is 36.4 Å². The average Bonchev–Trinajstić information content (AvgIpc) is 2.62. The summed E-state index contributed by atoms with van der Waals surface area (Å²) in [6, 6.07) is 15.5. The van der Waals surface area contributed by atoms with Crippen LogP contribution >= 0.6 is 0 Å². The molecule has 25 heavy (non-hydrogen) atoms. The van der Waals surface area contributed by atoms with Gasteiger partial charge in [-0.3, -0.25) is 4.79 Å². The van der Waals surface area contributed by atoms with Gasteiger partial charge in [-0.1, -0.05) is 36.4 Å². The maximum Gasteiger partial charge on any atom is 0.275 e. The Labute approximate surface area is 148 Å². The number of hydrogen-bond acceptors (Lipinski definition) is 3. The van der Waals surface area contributed by atoms with Crippen molar-refractivity contribution in [3.05, 3.63) is 59.7 Å². The normalized spacial score (nSPS) is 15.2. The number of nitrogens with one attached hydrogen (secondary N) is 2. The van der Waals surface area contributed by atoms with E-state index in [-0.39, 0.29) is 5.91 Å². The van der Waals surface area contributed by atoms with Crippen molar-refractivity contribution in [2.75, 3.05) is 37.6 Å². The highest BCUT2D eigenvalue weighted by Crippen LogP contribution is 2.25. The summed E-state index contributed by atoms with van der Waals surface area (Å²) < 4.78 is 0. The molecule has 5 heteroatoms. The number of amides is 1. The predicted molar refractivity (Wildman–Crippen MR) is 98.9 cm³/mol. The van der Waals surface area contributed by atoms with Crippen molar-refractivity contribution in [1.29, 1.82) is 0 Å². The molecule has 0 atom stereocenters. The number of aryl methyl sites for hydroxylation is 1. The zero-order chi connectivity index (χ0) is 17.6. The third-order valence-electron chi connectivity index (χ3n) is 4.84. The molecule has 0 aliphatic carbocycles. The molecule has 0 radical (unpaired) electrons. The number of para-hydroxylation sites is 2. The Morgan fingerprint density at radius 2 is 1.80 bits per heavy atom. The summed E-state index contributed by atoms with van der Waals surface area (Å²) in [5.74, 6) is 0.413. The average molecular weight is 340 g/mol. The summed E-state index contributed by atoms with van der Waals surface area (Å²) in [5, 5.41) is 13.0. The number of hydrogen-bond donors (Lipinski definition) is 3. The Kier molecular flexibility index (Phi) is 5.56. The van der Waals surface area contributed by atoms with Gasteiger partial charge in [0.15, 0.2) is 6.54 Å². The van der Waals surface area contributed by atoms with E-state index in [4.69, 9.17) is 0 Å². The zero-order valence-electron chi connectivity index (χ0n) is 14.7. The lowest BCUT2D eigenvalue weighted by molar-refractivity contribution is -0.892. The number of anilines is 1. The summed E-state index contributed by atoms with van der Waals surface area (Å²) in [6.45, 7) is 6.63. The summed E-state index contributed by atoms with van der Waals surface area (Å²) >= 11 is 0. The third kappa shape index (κ3) is 4.51. The number of piperazine rings is 1. The van der Waals surface area contributed by atoms with Crippen LogP contribution in [0.3, 0.4) is 0 Å². The second kappa shape index (κ2) is 8.03. The van der Waals surface area contributed by atoms with Crippen molar-refractivity contribution in [2.45, 2.75) is 13.5 Å². The zero-order valence-corrected chi connectivity index (χ0v) is 14.7. The van der Waals surface area contributed by atoms with Crippen LogP contribution in [-0.4, -0.2) is 43.7 Å². The number of benzene rings is 2. The first-order valence-electron chi connectivity index (χ1n) is 8.81. The molecule has 1 aliphatic rings. The number of carbonyl (C=O) groups excluding carboxylic acids is 1. The van der Waals surface area contributed by atoms with E-state index in [2.05, 4.69) is 23.2 Å². The van der Waals surface area contributed by atoms with E-state index in [9.17, 15) is 9.90 Å². The van der Waals surface area contributed by atoms with Crippen molar-refractivity contribution in [3.8, 4) is 5.75 Å². The maximum absolute atomic E-state index is 12.2. The largest absolute Gasteiger partial charge is 0.506 e. The molecule has 3 rings (SSSR count). The third-order valence-corrected chi connectivity index (χ3v) is 4.84. The molecule has 0 aromatic heterocycles. The van der Waals surface area contributed by atoms with Gasteiger partial charge in [0.2, 0.25) is 0 Å². The maximum atomic E-state index is 12.2. The van der Waals surface area contributed by atoms with Crippen LogP contribution in [0.25, 0.3) is 0 Å². The van der Waals surface area contributed by atoms with E-state index in [0.717, 1.165) is 37.4 Å². The molecule has 1 saturated heterocycles. The minimum Gasteiger partial charge on any atom is -0.506 e. The van der Waals surface area contributed by atoms with Gasteiger partial charge in [0.25, 0.3) is 5.91 Å². The van der Waals surface area contributed by atoms with E-state index in [1.165, 1.54) is 10.5 Å². The van der Waals surface area contributed by atoms with Crippen LogP contribution in [-0.2, 0) is 11.3 Å². The van der Waals surface area contributed by atoms with Crippen LogP contribution in [0.15, 0.2) is 48.5 Å². The number of rotatable bonds is 5. The summed E-state index contributed by atoms with van der Waals surface area (Å²) in [7, 11) is 0. The first-order chi connectivity index (χ1) is 12.1. The van der Waals surface area contributed by atoms with Crippen LogP contribution in [0.5, 0.6) is 5.75 Å². The molecule has 1 heterocycles. The van der Waals surface area contributed by atoms with Crippen molar-refractivity contribution in [3.63, 3.8) is 0 Å². The lowest BCUT2D eigenvalue weighted by Gasteiger charge is -2.33. The number of phenolic OH excluding ortho intramolecular Hbond substituents is 1. The van der Waals surface area contributed by atoms with Crippen LogP contribution in [0.4, 0.5) is 5.69 Å². The molecule has 1 fully saturated rings. The Hall–Kier alpha value is -2.53. The number of carbonyl (C=O) groups is 1. The standard InChI is InChI=1S/C20H25N3O2/c1-16-6-2-3-7-17(16)14-21-20(25)15-22-10-12-23(13-11-22)18-8-4-5-9-19(18)24/h2-9,24H,10-15H2,1H3,(H,21,25)/p+1. The molecule has 3 N–H and O–H groups in total. The second-order valence-electron chi connectivity index (χ2n) is 6.61. The number of nitrogens with zero attached hydrogens (tertiary/aromatic N) is 1. The molecule has 0 unspecified atom stereocenters. The Bertz CT molecular complexity index is 724. The summed E-state index contributed by atoms with van der Waals surface area (Å²) in [5.41, 5.74) is 3.24. The van der Waals surface area contributed by atoms with Crippen LogP contribution in [0.2, 0.25) is 0 Å². The highest BCUT2D eigenvalue weighted by atomic mass is 16.3. The van der Waals surface area contributed by atoms with E-state index >= 15 is 0 Å². The van der Waals surface area contributed by atoms with Gasteiger partial charge in [-0.25, -0.2) is 0 Å². The van der Waals surface area contributed by atoms with Gasteiger partial charge in [-0.15, -0.1) is 0 Å². The molecule has 0 bridgehead atoms. The highest BCUT2D eigenvalue weighted by molar-refractivity contribution is 5.76. The Morgan fingerprint density at radius 1 is 1.12 bits per heavy atom. The first kappa shape index (κ1) is 17.3. The lowest BCUT2D eigenvalue weighted by Crippen LogP contribution is -3.15. The fraction of sp³-hybridized carbons (Fsp3) is 0.350. The van der Waals surface area contributed by atoms with Crippen molar-refractivity contribution < 1.29 is 14.8 Å². The highest BCUT2D eigenvalue weighted by Gasteiger charge is 2.23. The molecule has 5 nitrogen and oxygen atoms in total. The fourth-order valence-electron chi connectivity index (χ4n) is 3.26. The number of aromatic hydroxyl groups is 1. The van der Waals surface area contributed by atoms with E-state index < -0.39 is 0 Å². The smallest absolute Gasteiger partial charge is 0.275 e. The van der Waals surface area contributed by atoms with Crippen molar-refractivity contribution >= 4 is 11.6 Å². The first-order valence-corrected chi connectivity index (χ1v) is 8.81. The quantitative estimate of drug-likeness (QED) is 0.752. The summed E-state index contributed by atoms with van der Waals surface area (Å²) in [6.07, 6.45) is 0. The predicted octanol–water partition coefficient (Wildman–Crippen LogP) is 0.722. The molecule has 2 aromatic rings. The van der Waals surface area contributed by atoms with E-state index in [0.29, 0.717) is 18.8 Å². The Balaban J connectivity index is 1.45. The van der Waals surface area contributed by atoms with Gasteiger partial charge in [-0.2, -0.15) is 0 Å². The van der Waals surface area contributed by atoms with Crippen LogP contribution in [0.1, 0.15) is 11.1 Å². The molecule has 132 valence electrons. The van der Waals surface area contributed by atoms with E-state index in [1.54, 1.807) is 6.07 Å². The van der Waals surface area contributed by atoms with Gasteiger partial charge in [-0.05, 0) is 30.2 Å². The van der Waals surface area contributed by atoms with Gasteiger partial charge in [0.05, 0.1) is 31.9 Å². The second-order valence-corrected chi connectivity index (χ2v) is 6.61. The molecule has 0 saturated carbocycles. The molecule has 0 spiro atoms. The fourth-order valence-corrected chi connectivity index (χ4v) is 3.26. The molecule has 1 amide bonds. The van der Waals surface area contributed by atoms with Crippen molar-refractivity contribution in [1.82, 2.24) is 5.32 Å². The Morgan fingerprint density at radius 3 is 2.52 bits per heavy atom. The number of quaternary nitrogens is 1. The molecule has 2 aromatic carbocycles.